The standard InChI is InChI=1S/C13H15BrO3/c1-13(7-17-8-13)6-10(12(15)16)9-4-2-3-5-11(9)14/h2-5,10H,6-8H2,1H3,(H,15,16). The van der Waals surface area contributed by atoms with Gasteiger partial charge in [0.05, 0.1) is 19.1 Å². The molecule has 17 heavy (non-hydrogen) atoms. The van der Waals surface area contributed by atoms with Crippen molar-refractivity contribution in [3.8, 4) is 0 Å². The summed E-state index contributed by atoms with van der Waals surface area (Å²) in [5.41, 5.74) is 0.839. The van der Waals surface area contributed by atoms with Crippen molar-refractivity contribution < 1.29 is 14.6 Å². The lowest BCUT2D eigenvalue weighted by Gasteiger charge is -2.39. The highest BCUT2D eigenvalue weighted by molar-refractivity contribution is 9.10. The number of rotatable bonds is 4. The molecule has 0 amide bonds. The van der Waals surface area contributed by atoms with Crippen molar-refractivity contribution >= 4 is 21.9 Å². The number of hydrogen-bond donors (Lipinski definition) is 1. The normalized spacial score (nSPS) is 19.4. The third-order valence-corrected chi connectivity index (χ3v) is 3.90. The zero-order chi connectivity index (χ0) is 12.5. The van der Waals surface area contributed by atoms with Gasteiger partial charge in [0.15, 0.2) is 0 Å². The third kappa shape index (κ3) is 2.69. The van der Waals surface area contributed by atoms with E-state index in [9.17, 15) is 9.90 Å². The molecular weight excluding hydrogens is 284 g/mol. The number of ether oxygens (including phenoxy) is 1. The van der Waals surface area contributed by atoms with E-state index in [1.54, 1.807) is 0 Å². The topological polar surface area (TPSA) is 46.5 Å². The van der Waals surface area contributed by atoms with Gasteiger partial charge in [-0.2, -0.15) is 0 Å². The number of halogens is 1. The molecule has 1 heterocycles. The van der Waals surface area contributed by atoms with E-state index >= 15 is 0 Å². The highest BCUT2D eigenvalue weighted by Crippen LogP contribution is 2.39. The van der Waals surface area contributed by atoms with Gasteiger partial charge in [-0.05, 0) is 18.1 Å². The smallest absolute Gasteiger partial charge is 0.311 e. The summed E-state index contributed by atoms with van der Waals surface area (Å²) >= 11 is 3.42. The molecule has 1 aromatic carbocycles. The van der Waals surface area contributed by atoms with Crippen LogP contribution < -0.4 is 0 Å². The maximum absolute atomic E-state index is 11.4. The van der Waals surface area contributed by atoms with E-state index in [0.717, 1.165) is 10.0 Å². The van der Waals surface area contributed by atoms with Gasteiger partial charge in [0.2, 0.25) is 0 Å². The predicted molar refractivity (Wildman–Crippen MR) is 68.1 cm³/mol. The van der Waals surface area contributed by atoms with Crippen LogP contribution in [-0.4, -0.2) is 24.3 Å². The van der Waals surface area contributed by atoms with Crippen molar-refractivity contribution in [1.29, 1.82) is 0 Å². The summed E-state index contributed by atoms with van der Waals surface area (Å²) in [6, 6.07) is 7.51. The second-order valence-corrected chi connectivity index (χ2v) is 5.77. The van der Waals surface area contributed by atoms with Crippen LogP contribution in [0.2, 0.25) is 0 Å². The lowest BCUT2D eigenvalue weighted by molar-refractivity contribution is -0.145. The van der Waals surface area contributed by atoms with Crippen LogP contribution in [0.3, 0.4) is 0 Å². The summed E-state index contributed by atoms with van der Waals surface area (Å²) in [6.45, 7) is 3.38. The summed E-state index contributed by atoms with van der Waals surface area (Å²) in [6.07, 6.45) is 0.616. The van der Waals surface area contributed by atoms with Gasteiger partial charge in [-0.25, -0.2) is 0 Å². The second kappa shape index (κ2) is 4.78. The monoisotopic (exact) mass is 298 g/mol. The molecule has 1 unspecified atom stereocenters. The highest BCUT2D eigenvalue weighted by Gasteiger charge is 2.38. The molecule has 1 aliphatic heterocycles. The van der Waals surface area contributed by atoms with E-state index in [2.05, 4.69) is 22.9 Å². The first kappa shape index (κ1) is 12.6. The lowest BCUT2D eigenvalue weighted by Crippen LogP contribution is -2.41. The molecule has 0 radical (unpaired) electrons. The first-order valence-electron chi connectivity index (χ1n) is 5.57. The third-order valence-electron chi connectivity index (χ3n) is 3.18. The van der Waals surface area contributed by atoms with Crippen molar-refractivity contribution in [3.63, 3.8) is 0 Å². The molecule has 0 bridgehead atoms. The molecule has 0 spiro atoms. The fraction of sp³-hybridized carbons (Fsp3) is 0.462. The molecule has 92 valence electrons. The Kier molecular flexibility index (Phi) is 3.54. The molecule has 1 atom stereocenters. The van der Waals surface area contributed by atoms with E-state index < -0.39 is 11.9 Å². The van der Waals surface area contributed by atoms with E-state index in [0.29, 0.717) is 19.6 Å². The number of carbonyl (C=O) groups is 1. The predicted octanol–water partition coefficient (Wildman–Crippen LogP) is 3.04. The Morgan fingerprint density at radius 1 is 1.53 bits per heavy atom. The quantitative estimate of drug-likeness (QED) is 0.929. The highest BCUT2D eigenvalue weighted by atomic mass is 79.9. The summed E-state index contributed by atoms with van der Waals surface area (Å²) in [5, 5.41) is 9.37. The summed E-state index contributed by atoms with van der Waals surface area (Å²) in [5.74, 6) is -1.25. The Bertz CT molecular complexity index is 426. The molecule has 3 nitrogen and oxygen atoms in total. The van der Waals surface area contributed by atoms with Gasteiger partial charge < -0.3 is 9.84 Å². The minimum atomic E-state index is -0.773. The van der Waals surface area contributed by atoms with Gasteiger partial charge >= 0.3 is 5.97 Å². The maximum Gasteiger partial charge on any atom is 0.311 e. The van der Waals surface area contributed by atoms with Gasteiger partial charge in [0.1, 0.15) is 0 Å². The molecule has 1 N–H and O–H groups in total. The Morgan fingerprint density at radius 3 is 2.65 bits per heavy atom. The van der Waals surface area contributed by atoms with E-state index in [1.165, 1.54) is 0 Å². The van der Waals surface area contributed by atoms with Crippen LogP contribution in [0.5, 0.6) is 0 Å². The first-order chi connectivity index (χ1) is 8.02. The molecule has 2 rings (SSSR count). The van der Waals surface area contributed by atoms with Crippen LogP contribution in [0.4, 0.5) is 0 Å². The first-order valence-corrected chi connectivity index (χ1v) is 6.36. The molecule has 1 aliphatic rings. The van der Waals surface area contributed by atoms with Crippen molar-refractivity contribution in [2.24, 2.45) is 5.41 Å². The average Bonchev–Trinajstić information content (AvgIpc) is 2.24. The Labute approximate surface area is 109 Å². The molecule has 0 saturated carbocycles. The Balaban J connectivity index is 2.23. The van der Waals surface area contributed by atoms with E-state index in [4.69, 9.17) is 4.74 Å². The summed E-state index contributed by atoms with van der Waals surface area (Å²) in [4.78, 5) is 11.4. The van der Waals surface area contributed by atoms with E-state index in [-0.39, 0.29) is 5.41 Å². The van der Waals surface area contributed by atoms with Crippen LogP contribution in [0.15, 0.2) is 28.7 Å². The van der Waals surface area contributed by atoms with Gasteiger partial charge in [-0.3, -0.25) is 4.79 Å². The minimum Gasteiger partial charge on any atom is -0.481 e. The lowest BCUT2D eigenvalue weighted by atomic mass is 9.77. The Morgan fingerprint density at radius 2 is 2.18 bits per heavy atom. The average molecular weight is 299 g/mol. The fourth-order valence-electron chi connectivity index (χ4n) is 2.15. The van der Waals surface area contributed by atoms with Crippen LogP contribution >= 0.6 is 15.9 Å². The maximum atomic E-state index is 11.4. The molecule has 1 aromatic rings. The molecule has 1 saturated heterocycles. The molecule has 1 fully saturated rings. The van der Waals surface area contributed by atoms with Crippen LogP contribution in [0, 0.1) is 5.41 Å². The van der Waals surface area contributed by atoms with Crippen LogP contribution in [0.1, 0.15) is 24.8 Å². The second-order valence-electron chi connectivity index (χ2n) is 4.92. The zero-order valence-corrected chi connectivity index (χ0v) is 11.2. The fourth-order valence-corrected chi connectivity index (χ4v) is 2.71. The minimum absolute atomic E-state index is 0.00165. The zero-order valence-electron chi connectivity index (χ0n) is 9.65. The molecular formula is C13H15BrO3. The SMILES string of the molecule is CC1(CC(C(=O)O)c2ccccc2Br)COC1. The largest absolute Gasteiger partial charge is 0.481 e. The number of aliphatic carboxylic acids is 1. The van der Waals surface area contributed by atoms with Crippen molar-refractivity contribution in [2.45, 2.75) is 19.3 Å². The number of benzene rings is 1. The van der Waals surface area contributed by atoms with Crippen LogP contribution in [0.25, 0.3) is 0 Å². The summed E-state index contributed by atoms with van der Waals surface area (Å²) < 4.78 is 6.04. The van der Waals surface area contributed by atoms with Gasteiger partial charge in [0.25, 0.3) is 0 Å². The molecule has 0 aliphatic carbocycles. The Hall–Kier alpha value is -0.870. The molecule has 0 aromatic heterocycles. The van der Waals surface area contributed by atoms with Gasteiger partial charge in [-0.15, -0.1) is 0 Å². The van der Waals surface area contributed by atoms with E-state index in [1.807, 2.05) is 24.3 Å². The van der Waals surface area contributed by atoms with Crippen molar-refractivity contribution in [3.05, 3.63) is 34.3 Å². The van der Waals surface area contributed by atoms with Crippen LogP contribution in [-0.2, 0) is 9.53 Å². The van der Waals surface area contributed by atoms with Gasteiger partial charge in [0, 0.05) is 9.89 Å². The number of hydrogen-bond acceptors (Lipinski definition) is 2. The van der Waals surface area contributed by atoms with Crippen molar-refractivity contribution in [1.82, 2.24) is 0 Å². The summed E-state index contributed by atoms with van der Waals surface area (Å²) in [7, 11) is 0. The molecule has 4 heteroatoms. The number of carboxylic acids is 1. The van der Waals surface area contributed by atoms with Crippen molar-refractivity contribution in [2.75, 3.05) is 13.2 Å². The number of carboxylic acid groups (broad SMARTS) is 1. The van der Waals surface area contributed by atoms with Gasteiger partial charge in [-0.1, -0.05) is 41.1 Å².